The lowest BCUT2D eigenvalue weighted by Gasteiger charge is -2.32. The molecule has 1 aliphatic carbocycles. The molecule has 114 valence electrons. The summed E-state index contributed by atoms with van der Waals surface area (Å²) in [6.45, 7) is 3.71. The fraction of sp³-hybridized carbons (Fsp3) is 0.588. The molecule has 3 rings (SSSR count). The molecule has 4 nitrogen and oxygen atoms in total. The molecule has 1 atom stereocenters. The molecule has 21 heavy (non-hydrogen) atoms. The van der Waals surface area contributed by atoms with E-state index in [-0.39, 0.29) is 5.91 Å². The average molecular weight is 287 g/mol. The van der Waals surface area contributed by atoms with Crippen LogP contribution in [0.2, 0.25) is 0 Å². The molecule has 0 bridgehead atoms. The molecule has 0 spiro atoms. The van der Waals surface area contributed by atoms with Gasteiger partial charge < -0.3 is 10.6 Å². The number of hydrogen-bond donors (Lipinski definition) is 2. The maximum absolute atomic E-state index is 12.1. The summed E-state index contributed by atoms with van der Waals surface area (Å²) in [5, 5.41) is 6.58. The van der Waals surface area contributed by atoms with Gasteiger partial charge in [-0.25, -0.2) is 0 Å². The number of amides is 1. The molecule has 1 saturated heterocycles. The van der Waals surface area contributed by atoms with Crippen molar-refractivity contribution in [3.63, 3.8) is 0 Å². The number of piperidine rings is 1. The van der Waals surface area contributed by atoms with Crippen molar-refractivity contribution in [1.82, 2.24) is 10.2 Å². The smallest absolute Gasteiger partial charge is 0.238 e. The predicted molar refractivity (Wildman–Crippen MR) is 85.3 cm³/mol. The van der Waals surface area contributed by atoms with E-state index in [4.69, 9.17) is 0 Å². The van der Waals surface area contributed by atoms with Crippen LogP contribution in [0.15, 0.2) is 30.3 Å². The van der Waals surface area contributed by atoms with Crippen LogP contribution >= 0.6 is 0 Å². The van der Waals surface area contributed by atoms with Crippen molar-refractivity contribution in [2.75, 3.05) is 31.5 Å². The first-order chi connectivity index (χ1) is 10.3. The van der Waals surface area contributed by atoms with Crippen molar-refractivity contribution >= 4 is 11.6 Å². The van der Waals surface area contributed by atoms with Gasteiger partial charge in [-0.2, -0.15) is 0 Å². The summed E-state index contributed by atoms with van der Waals surface area (Å²) in [6.07, 6.45) is 5.18. The number of carbonyl (C=O) groups excluding carboxylic acids is 1. The van der Waals surface area contributed by atoms with Crippen LogP contribution in [-0.4, -0.2) is 43.0 Å². The Bertz CT molecular complexity index is 458. The summed E-state index contributed by atoms with van der Waals surface area (Å²) < 4.78 is 0. The number of nitrogens with one attached hydrogen (secondary N) is 2. The molecule has 4 heteroatoms. The van der Waals surface area contributed by atoms with Crippen molar-refractivity contribution in [2.45, 2.75) is 31.7 Å². The van der Waals surface area contributed by atoms with Gasteiger partial charge in [0, 0.05) is 18.3 Å². The largest absolute Gasteiger partial charge is 0.325 e. The van der Waals surface area contributed by atoms with Gasteiger partial charge in [-0.05, 0) is 56.8 Å². The lowest BCUT2D eigenvalue weighted by atomic mass is 9.98. The second kappa shape index (κ2) is 7.05. The van der Waals surface area contributed by atoms with Crippen molar-refractivity contribution in [3.8, 4) is 0 Å². The Morgan fingerprint density at radius 2 is 2.00 bits per heavy atom. The second-order valence-corrected chi connectivity index (χ2v) is 6.34. The summed E-state index contributed by atoms with van der Waals surface area (Å²) in [6, 6.07) is 10.5. The second-order valence-electron chi connectivity index (χ2n) is 6.34. The van der Waals surface area contributed by atoms with Gasteiger partial charge in [0.2, 0.25) is 5.91 Å². The van der Waals surface area contributed by atoms with Crippen LogP contribution in [0.3, 0.4) is 0 Å². The number of para-hydroxylation sites is 1. The quantitative estimate of drug-likeness (QED) is 0.842. The fourth-order valence-corrected chi connectivity index (χ4v) is 3.01. The van der Waals surface area contributed by atoms with Gasteiger partial charge >= 0.3 is 0 Å². The minimum absolute atomic E-state index is 0.0944. The lowest BCUT2D eigenvalue weighted by molar-refractivity contribution is -0.117. The highest BCUT2D eigenvalue weighted by molar-refractivity contribution is 5.92. The van der Waals surface area contributed by atoms with Gasteiger partial charge in [0.15, 0.2) is 0 Å². The number of likely N-dealkylation sites (tertiary alicyclic amines) is 1. The Morgan fingerprint density at radius 1 is 1.19 bits per heavy atom. The third-order valence-electron chi connectivity index (χ3n) is 4.30. The van der Waals surface area contributed by atoms with E-state index in [2.05, 4.69) is 15.5 Å². The number of hydrogen-bond acceptors (Lipinski definition) is 3. The topological polar surface area (TPSA) is 44.4 Å². The van der Waals surface area contributed by atoms with E-state index in [1.54, 1.807) is 0 Å². The third kappa shape index (κ3) is 4.83. The standard InChI is InChI=1S/C17H25N3O/c21-17(19-16-6-2-1-3-7-16)13-20-10-4-5-14(12-20)11-18-15-8-9-15/h1-3,6-7,14-15,18H,4-5,8-13H2,(H,19,21). The molecule has 0 radical (unpaired) electrons. The summed E-state index contributed by atoms with van der Waals surface area (Å²) >= 11 is 0. The van der Waals surface area contributed by atoms with Crippen LogP contribution in [-0.2, 0) is 4.79 Å². The molecule has 1 heterocycles. The molecule has 1 amide bonds. The monoisotopic (exact) mass is 287 g/mol. The zero-order chi connectivity index (χ0) is 14.5. The van der Waals surface area contributed by atoms with E-state index in [1.165, 1.54) is 25.7 Å². The summed E-state index contributed by atoms with van der Waals surface area (Å²) in [5.74, 6) is 0.792. The van der Waals surface area contributed by atoms with Crippen LogP contribution in [0.1, 0.15) is 25.7 Å². The van der Waals surface area contributed by atoms with Crippen molar-refractivity contribution < 1.29 is 4.79 Å². The Hall–Kier alpha value is -1.39. The normalized spacial score (nSPS) is 23.0. The van der Waals surface area contributed by atoms with Crippen molar-refractivity contribution in [2.24, 2.45) is 5.92 Å². The summed E-state index contributed by atoms with van der Waals surface area (Å²) in [7, 11) is 0. The Balaban J connectivity index is 1.41. The van der Waals surface area contributed by atoms with Gasteiger partial charge in [0.05, 0.1) is 6.54 Å². The van der Waals surface area contributed by atoms with E-state index < -0.39 is 0 Å². The maximum atomic E-state index is 12.1. The van der Waals surface area contributed by atoms with Gasteiger partial charge in [0.1, 0.15) is 0 Å². The first kappa shape index (κ1) is 14.5. The van der Waals surface area contributed by atoms with Gasteiger partial charge in [-0.1, -0.05) is 18.2 Å². The van der Waals surface area contributed by atoms with Crippen LogP contribution in [0.4, 0.5) is 5.69 Å². The molecule has 1 unspecified atom stereocenters. The van der Waals surface area contributed by atoms with E-state index in [1.807, 2.05) is 30.3 Å². The minimum Gasteiger partial charge on any atom is -0.325 e. The Morgan fingerprint density at radius 3 is 2.76 bits per heavy atom. The third-order valence-corrected chi connectivity index (χ3v) is 4.30. The predicted octanol–water partition coefficient (Wildman–Crippen LogP) is 2.09. The molecular formula is C17H25N3O. The summed E-state index contributed by atoms with van der Waals surface area (Å²) in [4.78, 5) is 14.4. The van der Waals surface area contributed by atoms with E-state index in [0.717, 1.165) is 31.4 Å². The van der Waals surface area contributed by atoms with Gasteiger partial charge in [-0.3, -0.25) is 9.69 Å². The summed E-state index contributed by atoms with van der Waals surface area (Å²) in [5.41, 5.74) is 0.881. The first-order valence-electron chi connectivity index (χ1n) is 8.10. The van der Waals surface area contributed by atoms with Crippen molar-refractivity contribution in [1.29, 1.82) is 0 Å². The van der Waals surface area contributed by atoms with E-state index in [9.17, 15) is 4.79 Å². The number of rotatable bonds is 6. The maximum Gasteiger partial charge on any atom is 0.238 e. The molecule has 1 aromatic carbocycles. The van der Waals surface area contributed by atoms with Crippen molar-refractivity contribution in [3.05, 3.63) is 30.3 Å². The van der Waals surface area contributed by atoms with E-state index >= 15 is 0 Å². The molecule has 0 aromatic heterocycles. The van der Waals surface area contributed by atoms with Crippen LogP contribution in [0, 0.1) is 5.92 Å². The van der Waals surface area contributed by atoms with E-state index in [0.29, 0.717) is 12.5 Å². The van der Waals surface area contributed by atoms with Gasteiger partial charge in [-0.15, -0.1) is 0 Å². The Kier molecular flexibility index (Phi) is 4.88. The molecule has 2 N–H and O–H groups in total. The highest BCUT2D eigenvalue weighted by Crippen LogP contribution is 2.21. The molecule has 1 aliphatic heterocycles. The number of anilines is 1. The van der Waals surface area contributed by atoms with Gasteiger partial charge in [0.25, 0.3) is 0 Å². The SMILES string of the molecule is O=C(CN1CCCC(CNC2CC2)C1)Nc1ccccc1. The van der Waals surface area contributed by atoms with Crippen LogP contribution in [0.25, 0.3) is 0 Å². The first-order valence-corrected chi connectivity index (χ1v) is 8.10. The highest BCUT2D eigenvalue weighted by atomic mass is 16.2. The Labute approximate surface area is 126 Å². The molecule has 1 saturated carbocycles. The number of nitrogens with zero attached hydrogens (tertiary/aromatic N) is 1. The number of carbonyl (C=O) groups is 1. The minimum atomic E-state index is 0.0944. The zero-order valence-electron chi connectivity index (χ0n) is 12.6. The van der Waals surface area contributed by atoms with Crippen LogP contribution in [0.5, 0.6) is 0 Å². The average Bonchev–Trinajstić information content (AvgIpc) is 3.31. The molecule has 2 aliphatic rings. The lowest BCUT2D eigenvalue weighted by Crippen LogP contribution is -2.43. The molecule has 2 fully saturated rings. The molecular weight excluding hydrogens is 262 g/mol. The molecule has 1 aromatic rings. The fourth-order valence-electron chi connectivity index (χ4n) is 3.01. The number of benzene rings is 1. The highest BCUT2D eigenvalue weighted by Gasteiger charge is 2.25. The zero-order valence-corrected chi connectivity index (χ0v) is 12.6. The van der Waals surface area contributed by atoms with Crippen LogP contribution < -0.4 is 10.6 Å².